The number of imide groups is 1. The molecule has 0 spiro atoms. The molecule has 2 aliphatic heterocycles. The second-order valence-electron chi connectivity index (χ2n) is 5.33. The number of hydroxylamine groups is 2. The van der Waals surface area contributed by atoms with Crippen molar-refractivity contribution in [3.05, 3.63) is 47.0 Å². The molecule has 2 amide bonds. The third kappa shape index (κ3) is 2.26. The Morgan fingerprint density at radius 2 is 1.88 bits per heavy atom. The lowest BCUT2D eigenvalue weighted by atomic mass is 10.1. The van der Waals surface area contributed by atoms with E-state index in [0.29, 0.717) is 36.5 Å². The molecule has 122 valence electrons. The van der Waals surface area contributed by atoms with E-state index in [-0.39, 0.29) is 17.5 Å². The zero-order valence-electron chi connectivity index (χ0n) is 12.5. The topological polar surface area (TPSA) is 104 Å². The summed E-state index contributed by atoms with van der Waals surface area (Å²) in [5, 5.41) is 8.36. The zero-order chi connectivity index (χ0) is 16.7. The molecule has 0 unspecified atom stereocenters. The first-order chi connectivity index (χ1) is 11.6. The monoisotopic (exact) mass is 328 g/mol. The second kappa shape index (κ2) is 5.53. The van der Waals surface area contributed by atoms with Crippen molar-refractivity contribution in [2.24, 2.45) is 0 Å². The Labute approximate surface area is 135 Å². The fourth-order valence-electron chi connectivity index (χ4n) is 2.70. The quantitative estimate of drug-likeness (QED) is 0.736. The predicted molar refractivity (Wildman–Crippen MR) is 76.4 cm³/mol. The van der Waals surface area contributed by atoms with Crippen LogP contribution in [0.3, 0.4) is 0 Å². The van der Waals surface area contributed by atoms with E-state index in [0.717, 1.165) is 0 Å². The minimum atomic E-state index is -0.758. The van der Waals surface area contributed by atoms with Gasteiger partial charge in [0.05, 0.1) is 17.7 Å². The molecule has 0 N–H and O–H groups in total. The van der Waals surface area contributed by atoms with Gasteiger partial charge in [0.15, 0.2) is 5.82 Å². The molecule has 2 aromatic rings. The highest BCUT2D eigenvalue weighted by Gasteiger charge is 2.38. The predicted octanol–water partition coefficient (Wildman–Crippen LogP) is 0.105. The Kier molecular flexibility index (Phi) is 3.35. The van der Waals surface area contributed by atoms with Crippen LogP contribution in [0.5, 0.6) is 0 Å². The molecule has 9 heteroatoms. The lowest BCUT2D eigenvalue weighted by molar-refractivity contribution is -0.167. The molecular weight excluding hydrogens is 316 g/mol. The number of hydrogen-bond acceptors (Lipinski definition) is 7. The summed E-state index contributed by atoms with van der Waals surface area (Å²) in [5.74, 6) is -1.02. The molecule has 9 nitrogen and oxygen atoms in total. The summed E-state index contributed by atoms with van der Waals surface area (Å²) in [5.41, 5.74) is 0.430. The van der Waals surface area contributed by atoms with Crippen molar-refractivity contribution in [1.82, 2.24) is 19.8 Å². The molecule has 0 saturated carbocycles. The van der Waals surface area contributed by atoms with Gasteiger partial charge in [0.25, 0.3) is 11.8 Å². The van der Waals surface area contributed by atoms with Crippen molar-refractivity contribution in [2.45, 2.75) is 19.6 Å². The molecule has 3 heterocycles. The van der Waals surface area contributed by atoms with E-state index in [4.69, 9.17) is 9.57 Å². The van der Waals surface area contributed by atoms with Gasteiger partial charge in [-0.15, -0.1) is 10.2 Å². The van der Waals surface area contributed by atoms with E-state index in [2.05, 4.69) is 10.2 Å². The summed E-state index contributed by atoms with van der Waals surface area (Å²) in [7, 11) is 0. The van der Waals surface area contributed by atoms with Crippen LogP contribution in [0.15, 0.2) is 24.3 Å². The van der Waals surface area contributed by atoms with Crippen LogP contribution in [0.4, 0.5) is 0 Å². The van der Waals surface area contributed by atoms with Gasteiger partial charge in [0.1, 0.15) is 18.9 Å². The molecule has 0 atom stereocenters. The highest BCUT2D eigenvalue weighted by atomic mass is 16.7. The van der Waals surface area contributed by atoms with Gasteiger partial charge in [-0.05, 0) is 12.1 Å². The molecule has 24 heavy (non-hydrogen) atoms. The third-order valence-corrected chi connectivity index (χ3v) is 3.85. The number of nitrogens with zero attached hydrogens (tertiary/aromatic N) is 4. The first-order valence-electron chi connectivity index (χ1n) is 7.32. The van der Waals surface area contributed by atoms with Crippen molar-refractivity contribution >= 4 is 17.8 Å². The molecule has 0 fully saturated rings. The number of benzene rings is 1. The number of aromatic nitrogens is 3. The fourth-order valence-corrected chi connectivity index (χ4v) is 2.70. The van der Waals surface area contributed by atoms with Gasteiger partial charge < -0.3 is 14.1 Å². The SMILES string of the molecule is O=C(Cc1nnc2n1CCOC2)ON1C(=O)c2ccccc2C1=O. The molecule has 1 aromatic carbocycles. The van der Waals surface area contributed by atoms with Crippen LogP contribution in [0.2, 0.25) is 0 Å². The number of amides is 2. The molecular formula is C15H12N4O5. The maximum Gasteiger partial charge on any atom is 0.340 e. The largest absolute Gasteiger partial charge is 0.372 e. The average Bonchev–Trinajstić information content (AvgIpc) is 3.11. The van der Waals surface area contributed by atoms with E-state index in [1.54, 1.807) is 16.7 Å². The summed E-state index contributed by atoms with van der Waals surface area (Å²) >= 11 is 0. The van der Waals surface area contributed by atoms with Crippen LogP contribution >= 0.6 is 0 Å². The van der Waals surface area contributed by atoms with Crippen LogP contribution in [0.1, 0.15) is 32.4 Å². The Hall–Kier alpha value is -3.07. The van der Waals surface area contributed by atoms with Crippen LogP contribution in [-0.4, -0.2) is 44.2 Å². The minimum absolute atomic E-state index is 0.194. The zero-order valence-corrected chi connectivity index (χ0v) is 12.5. The van der Waals surface area contributed by atoms with E-state index in [1.165, 1.54) is 12.1 Å². The van der Waals surface area contributed by atoms with Crippen molar-refractivity contribution in [3.63, 3.8) is 0 Å². The average molecular weight is 328 g/mol. The molecule has 0 bridgehead atoms. The molecule has 2 aliphatic rings. The Bertz CT molecular complexity index is 824. The van der Waals surface area contributed by atoms with Gasteiger partial charge in [-0.2, -0.15) is 0 Å². The van der Waals surface area contributed by atoms with Crippen molar-refractivity contribution in [2.75, 3.05) is 6.61 Å². The summed E-state index contributed by atoms with van der Waals surface area (Å²) < 4.78 is 7.02. The van der Waals surface area contributed by atoms with E-state index >= 15 is 0 Å². The highest BCUT2D eigenvalue weighted by Crippen LogP contribution is 2.23. The number of hydrogen-bond donors (Lipinski definition) is 0. The van der Waals surface area contributed by atoms with E-state index in [9.17, 15) is 14.4 Å². The van der Waals surface area contributed by atoms with Crippen molar-refractivity contribution in [3.8, 4) is 0 Å². The summed E-state index contributed by atoms with van der Waals surface area (Å²) in [6, 6.07) is 6.30. The Morgan fingerprint density at radius 3 is 2.58 bits per heavy atom. The lowest BCUT2D eigenvalue weighted by Gasteiger charge is -2.16. The highest BCUT2D eigenvalue weighted by molar-refractivity contribution is 6.20. The van der Waals surface area contributed by atoms with Gasteiger partial charge >= 0.3 is 5.97 Å². The van der Waals surface area contributed by atoms with Crippen LogP contribution in [-0.2, 0) is 33.9 Å². The first kappa shape index (κ1) is 14.5. The Balaban J connectivity index is 1.49. The van der Waals surface area contributed by atoms with Crippen molar-refractivity contribution < 1.29 is 24.0 Å². The van der Waals surface area contributed by atoms with Gasteiger partial charge in [-0.25, -0.2) is 4.79 Å². The summed E-state index contributed by atoms with van der Waals surface area (Å²) in [6.07, 6.45) is -0.194. The second-order valence-corrected chi connectivity index (χ2v) is 5.33. The van der Waals surface area contributed by atoms with Gasteiger partial charge in [-0.1, -0.05) is 17.2 Å². The first-order valence-corrected chi connectivity index (χ1v) is 7.32. The maximum atomic E-state index is 12.2. The normalized spacial score (nSPS) is 16.1. The third-order valence-electron chi connectivity index (χ3n) is 3.85. The maximum absolute atomic E-state index is 12.2. The number of carbonyl (C=O) groups is 3. The molecule has 0 radical (unpaired) electrons. The molecule has 4 rings (SSSR count). The molecule has 0 saturated heterocycles. The smallest absolute Gasteiger partial charge is 0.340 e. The Morgan fingerprint density at radius 1 is 1.17 bits per heavy atom. The molecule has 1 aromatic heterocycles. The molecule has 0 aliphatic carbocycles. The summed E-state index contributed by atoms with van der Waals surface area (Å²) in [6.45, 7) is 1.38. The minimum Gasteiger partial charge on any atom is -0.372 e. The number of ether oxygens (including phenoxy) is 1. The number of fused-ring (bicyclic) bond motifs is 2. The van der Waals surface area contributed by atoms with Crippen LogP contribution < -0.4 is 0 Å². The number of carbonyl (C=O) groups excluding carboxylic acids is 3. The summed E-state index contributed by atoms with van der Waals surface area (Å²) in [4.78, 5) is 41.4. The van der Waals surface area contributed by atoms with E-state index in [1.807, 2.05) is 0 Å². The standard InChI is InChI=1S/C15H12N4O5/c20-13(7-11-16-17-12-8-23-6-5-18(11)12)24-19-14(21)9-3-1-2-4-10(9)15(19)22/h1-4H,5-8H2. The lowest BCUT2D eigenvalue weighted by Crippen LogP contribution is -2.33. The van der Waals surface area contributed by atoms with Crippen LogP contribution in [0, 0.1) is 0 Å². The van der Waals surface area contributed by atoms with Gasteiger partial charge in [0, 0.05) is 6.54 Å². The van der Waals surface area contributed by atoms with Gasteiger partial charge in [-0.3, -0.25) is 9.59 Å². The fraction of sp³-hybridized carbons (Fsp3) is 0.267. The van der Waals surface area contributed by atoms with E-state index < -0.39 is 17.8 Å². The number of rotatable bonds is 3. The van der Waals surface area contributed by atoms with Crippen molar-refractivity contribution in [1.29, 1.82) is 0 Å². The van der Waals surface area contributed by atoms with Crippen LogP contribution in [0.25, 0.3) is 0 Å². The van der Waals surface area contributed by atoms with Gasteiger partial charge in [0.2, 0.25) is 0 Å².